The Morgan fingerprint density at radius 2 is 2.07 bits per heavy atom. The largest absolute Gasteiger partial charge is 0.493 e. The maximum Gasteiger partial charge on any atom is 0.349 e. The van der Waals surface area contributed by atoms with Gasteiger partial charge in [-0.05, 0) is 30.3 Å². The third kappa shape index (κ3) is 3.86. The smallest absolute Gasteiger partial charge is 0.349 e. The van der Waals surface area contributed by atoms with Gasteiger partial charge in [0.2, 0.25) is 0 Å². The van der Waals surface area contributed by atoms with Crippen molar-refractivity contribution in [1.29, 1.82) is 0 Å². The molecular formula is C21H18N4O4. The summed E-state index contributed by atoms with van der Waals surface area (Å²) in [5.41, 5.74) is 1.08. The number of carbonyl (C=O) groups excluding carboxylic acids is 1. The van der Waals surface area contributed by atoms with Crippen LogP contribution in [0.3, 0.4) is 0 Å². The number of benzene rings is 1. The number of rotatable bonds is 6. The van der Waals surface area contributed by atoms with E-state index >= 15 is 0 Å². The quantitative estimate of drug-likeness (QED) is 0.508. The summed E-state index contributed by atoms with van der Waals surface area (Å²) in [6.45, 7) is 0.753. The Kier molecular flexibility index (Phi) is 5.07. The molecule has 0 atom stereocenters. The number of hydrogen-bond acceptors (Lipinski definition) is 6. The van der Waals surface area contributed by atoms with E-state index < -0.39 is 11.5 Å². The fourth-order valence-corrected chi connectivity index (χ4v) is 2.95. The molecule has 0 aliphatic carbocycles. The van der Waals surface area contributed by atoms with Crippen molar-refractivity contribution in [3.63, 3.8) is 0 Å². The normalized spacial score (nSPS) is 10.8. The molecule has 0 fully saturated rings. The summed E-state index contributed by atoms with van der Waals surface area (Å²) in [6, 6.07) is 14.2. The molecule has 0 bridgehead atoms. The number of methoxy groups -OCH3 is 1. The van der Waals surface area contributed by atoms with Gasteiger partial charge in [0.25, 0.3) is 5.91 Å². The Labute approximate surface area is 165 Å². The van der Waals surface area contributed by atoms with Gasteiger partial charge in [-0.1, -0.05) is 18.2 Å². The second-order valence-corrected chi connectivity index (χ2v) is 6.26. The van der Waals surface area contributed by atoms with E-state index in [9.17, 15) is 9.59 Å². The minimum atomic E-state index is -0.712. The molecule has 0 radical (unpaired) electrons. The zero-order valence-electron chi connectivity index (χ0n) is 15.7. The molecule has 0 unspecified atom stereocenters. The highest BCUT2D eigenvalue weighted by molar-refractivity contribution is 5.97. The number of pyridine rings is 1. The van der Waals surface area contributed by atoms with Gasteiger partial charge in [0, 0.05) is 24.3 Å². The maximum atomic E-state index is 12.4. The van der Waals surface area contributed by atoms with E-state index in [0.717, 1.165) is 11.4 Å². The first-order valence-electron chi connectivity index (χ1n) is 8.99. The zero-order chi connectivity index (χ0) is 20.2. The fourth-order valence-electron chi connectivity index (χ4n) is 2.95. The lowest BCUT2D eigenvalue weighted by Gasteiger charge is -2.07. The molecule has 0 saturated carbocycles. The van der Waals surface area contributed by atoms with Crippen LogP contribution in [0, 0.1) is 0 Å². The lowest BCUT2D eigenvalue weighted by molar-refractivity contribution is 0.0948. The Hall–Kier alpha value is -3.94. The van der Waals surface area contributed by atoms with Crippen molar-refractivity contribution in [2.24, 2.45) is 0 Å². The summed E-state index contributed by atoms with van der Waals surface area (Å²) in [6.07, 6.45) is 3.52. The van der Waals surface area contributed by atoms with Crippen LogP contribution in [0.1, 0.15) is 10.4 Å². The van der Waals surface area contributed by atoms with Crippen molar-refractivity contribution < 1.29 is 13.9 Å². The molecule has 0 aliphatic rings. The molecule has 4 aromatic rings. The molecule has 29 heavy (non-hydrogen) atoms. The predicted octanol–water partition coefficient (Wildman–Crippen LogP) is 2.49. The number of carbonyl (C=O) groups is 1. The van der Waals surface area contributed by atoms with E-state index in [1.807, 2.05) is 30.5 Å². The van der Waals surface area contributed by atoms with Crippen LogP contribution in [0.25, 0.3) is 22.4 Å². The Morgan fingerprint density at radius 3 is 2.86 bits per heavy atom. The predicted molar refractivity (Wildman–Crippen MR) is 107 cm³/mol. The molecule has 3 aromatic heterocycles. The van der Waals surface area contributed by atoms with Gasteiger partial charge in [0.1, 0.15) is 11.3 Å². The number of nitrogens with one attached hydrogen (secondary N) is 1. The average molecular weight is 390 g/mol. The molecule has 8 nitrogen and oxygen atoms in total. The third-order valence-electron chi connectivity index (χ3n) is 4.38. The van der Waals surface area contributed by atoms with Gasteiger partial charge in [-0.2, -0.15) is 5.10 Å². The number of para-hydroxylation sites is 1. The minimum absolute atomic E-state index is 0.0552. The zero-order valence-corrected chi connectivity index (χ0v) is 15.7. The number of amides is 1. The van der Waals surface area contributed by atoms with E-state index in [1.165, 1.54) is 13.2 Å². The van der Waals surface area contributed by atoms with Crippen molar-refractivity contribution in [3.8, 4) is 17.1 Å². The van der Waals surface area contributed by atoms with E-state index in [-0.39, 0.29) is 5.56 Å². The van der Waals surface area contributed by atoms with Crippen LogP contribution >= 0.6 is 0 Å². The molecule has 0 spiro atoms. The first kappa shape index (κ1) is 18.4. The standard InChI is InChI=1S/C21H18N4O4/c1-28-18-7-4-5-14-13-15(21(27)29-19(14)18)20(26)23-10-12-25-11-8-17(24-25)16-6-2-3-9-22-16/h2-9,11,13H,10,12H2,1H3,(H,23,26). The van der Waals surface area contributed by atoms with E-state index in [0.29, 0.717) is 29.8 Å². The van der Waals surface area contributed by atoms with Gasteiger partial charge in [0.05, 0.1) is 19.3 Å². The van der Waals surface area contributed by atoms with Crippen molar-refractivity contribution in [3.05, 3.63) is 76.9 Å². The highest BCUT2D eigenvalue weighted by Gasteiger charge is 2.15. The summed E-state index contributed by atoms with van der Waals surface area (Å²) < 4.78 is 12.2. The van der Waals surface area contributed by atoms with Crippen LogP contribution < -0.4 is 15.7 Å². The second-order valence-electron chi connectivity index (χ2n) is 6.26. The van der Waals surface area contributed by atoms with Crippen molar-refractivity contribution in [2.75, 3.05) is 13.7 Å². The number of ether oxygens (including phenoxy) is 1. The molecular weight excluding hydrogens is 372 g/mol. The summed E-state index contributed by atoms with van der Waals surface area (Å²) in [5.74, 6) is -0.0606. The minimum Gasteiger partial charge on any atom is -0.493 e. The monoisotopic (exact) mass is 390 g/mol. The van der Waals surface area contributed by atoms with E-state index in [4.69, 9.17) is 9.15 Å². The molecule has 146 valence electrons. The van der Waals surface area contributed by atoms with Crippen LogP contribution in [-0.4, -0.2) is 34.3 Å². The number of aromatic nitrogens is 3. The summed E-state index contributed by atoms with van der Waals surface area (Å²) >= 11 is 0. The van der Waals surface area contributed by atoms with Gasteiger partial charge in [-0.25, -0.2) is 4.79 Å². The van der Waals surface area contributed by atoms with Crippen molar-refractivity contribution >= 4 is 16.9 Å². The lowest BCUT2D eigenvalue weighted by atomic mass is 10.1. The summed E-state index contributed by atoms with van der Waals surface area (Å²) in [7, 11) is 1.49. The van der Waals surface area contributed by atoms with Gasteiger partial charge in [0.15, 0.2) is 11.3 Å². The molecule has 1 amide bonds. The van der Waals surface area contributed by atoms with Crippen LogP contribution in [0.2, 0.25) is 0 Å². The first-order valence-corrected chi connectivity index (χ1v) is 8.99. The highest BCUT2D eigenvalue weighted by Crippen LogP contribution is 2.24. The van der Waals surface area contributed by atoms with Gasteiger partial charge >= 0.3 is 5.63 Å². The Morgan fingerprint density at radius 1 is 1.17 bits per heavy atom. The lowest BCUT2D eigenvalue weighted by Crippen LogP contribution is -2.31. The molecule has 0 aliphatic heterocycles. The number of fused-ring (bicyclic) bond motifs is 1. The van der Waals surface area contributed by atoms with Gasteiger partial charge < -0.3 is 14.5 Å². The molecule has 1 aromatic carbocycles. The number of nitrogens with zero attached hydrogens (tertiary/aromatic N) is 3. The van der Waals surface area contributed by atoms with E-state index in [1.54, 1.807) is 29.1 Å². The Bertz CT molecular complexity index is 1210. The van der Waals surface area contributed by atoms with E-state index in [2.05, 4.69) is 15.4 Å². The third-order valence-corrected chi connectivity index (χ3v) is 4.38. The van der Waals surface area contributed by atoms with Crippen LogP contribution in [0.4, 0.5) is 0 Å². The Balaban J connectivity index is 1.43. The van der Waals surface area contributed by atoms with Crippen LogP contribution in [0.5, 0.6) is 5.75 Å². The van der Waals surface area contributed by atoms with Crippen LogP contribution in [-0.2, 0) is 6.54 Å². The molecule has 8 heteroatoms. The van der Waals surface area contributed by atoms with Crippen molar-refractivity contribution in [2.45, 2.75) is 6.54 Å². The topological polar surface area (TPSA) is 99.2 Å². The SMILES string of the molecule is COc1cccc2cc(C(=O)NCCn3ccc(-c4ccccn4)n3)c(=O)oc12. The summed E-state index contributed by atoms with van der Waals surface area (Å²) in [5, 5.41) is 7.77. The van der Waals surface area contributed by atoms with Crippen molar-refractivity contribution in [1.82, 2.24) is 20.1 Å². The molecule has 1 N–H and O–H groups in total. The fraction of sp³-hybridized carbons (Fsp3) is 0.143. The van der Waals surface area contributed by atoms with Crippen LogP contribution in [0.15, 0.2) is 70.1 Å². The second kappa shape index (κ2) is 7.97. The first-order chi connectivity index (χ1) is 14.2. The summed E-state index contributed by atoms with van der Waals surface area (Å²) in [4.78, 5) is 28.9. The maximum absolute atomic E-state index is 12.4. The average Bonchev–Trinajstić information content (AvgIpc) is 3.22. The van der Waals surface area contributed by atoms with Gasteiger partial charge in [-0.15, -0.1) is 0 Å². The number of hydrogen-bond donors (Lipinski definition) is 1. The van der Waals surface area contributed by atoms with Gasteiger partial charge in [-0.3, -0.25) is 14.5 Å². The molecule has 4 rings (SSSR count). The molecule has 3 heterocycles. The highest BCUT2D eigenvalue weighted by atomic mass is 16.5. The molecule has 0 saturated heterocycles.